The van der Waals surface area contributed by atoms with Gasteiger partial charge in [-0.05, 0) is 67.9 Å². The smallest absolute Gasteiger partial charge is 0.164 e. The zero-order chi connectivity index (χ0) is 28.5. The van der Waals surface area contributed by atoms with Crippen molar-refractivity contribution in [2.24, 2.45) is 10.9 Å². The Morgan fingerprint density at radius 1 is 1.08 bits per heavy atom. The van der Waals surface area contributed by atoms with E-state index >= 15 is 0 Å². The molecule has 212 valence electrons. The van der Waals surface area contributed by atoms with E-state index in [-0.39, 0.29) is 6.10 Å². The number of aliphatic hydroxyl groups excluding tert-OH is 1. The number of halogens is 1. The van der Waals surface area contributed by atoms with Gasteiger partial charge in [0.05, 0.1) is 35.1 Å². The van der Waals surface area contributed by atoms with Gasteiger partial charge in [-0.15, -0.1) is 0 Å². The Morgan fingerprint density at radius 3 is 2.54 bits per heavy atom. The first-order chi connectivity index (χ1) is 18.9. The van der Waals surface area contributed by atoms with Crippen LogP contribution in [-0.2, 0) is 6.42 Å². The van der Waals surface area contributed by atoms with Crippen molar-refractivity contribution in [2.75, 3.05) is 5.32 Å². The number of aromatic nitrogens is 3. The maximum atomic E-state index is 14.2. The quantitative estimate of drug-likeness (QED) is 0.152. The van der Waals surface area contributed by atoms with Gasteiger partial charge >= 0.3 is 0 Å². The van der Waals surface area contributed by atoms with Gasteiger partial charge in [0.1, 0.15) is 0 Å². The Labute approximate surface area is 233 Å². The average molecular weight is 536 g/mol. The number of allylic oxidation sites excluding steroid dienone is 1. The zero-order valence-corrected chi connectivity index (χ0v) is 24.3. The highest BCUT2D eigenvalue weighted by Crippen LogP contribution is 2.21. The number of nitrogens with one attached hydrogen (secondary N) is 2. The third-order valence-corrected chi connectivity index (χ3v) is 6.57. The molecule has 2 atom stereocenters. The van der Waals surface area contributed by atoms with Crippen LogP contribution in [0.1, 0.15) is 96.5 Å². The van der Waals surface area contributed by atoms with E-state index in [1.54, 1.807) is 18.5 Å². The van der Waals surface area contributed by atoms with Crippen LogP contribution in [0.4, 0.5) is 10.1 Å². The molecule has 2 unspecified atom stereocenters. The van der Waals surface area contributed by atoms with Gasteiger partial charge in [0.25, 0.3) is 0 Å². The first-order valence-electron chi connectivity index (χ1n) is 14.3. The number of pyridine rings is 2. The van der Waals surface area contributed by atoms with Crippen molar-refractivity contribution in [3.63, 3.8) is 0 Å². The van der Waals surface area contributed by atoms with E-state index < -0.39 is 5.82 Å². The lowest BCUT2D eigenvalue weighted by atomic mass is 9.99. The number of nitrogens with zero attached hydrogens (tertiary/aromatic N) is 3. The largest absolute Gasteiger partial charge is 0.393 e. The topological polar surface area (TPSA) is 86.2 Å². The molecule has 0 bridgehead atoms. The van der Waals surface area contributed by atoms with E-state index in [1.807, 2.05) is 30.5 Å². The number of anilines is 1. The Morgan fingerprint density at radius 2 is 1.90 bits per heavy atom. The Bertz CT molecular complexity index is 1140. The van der Waals surface area contributed by atoms with Crippen LogP contribution in [0.5, 0.6) is 0 Å². The summed E-state index contributed by atoms with van der Waals surface area (Å²) >= 11 is 0. The summed E-state index contributed by atoms with van der Waals surface area (Å²) in [5, 5.41) is 12.5. The number of H-pyrrole nitrogens is 1. The van der Waals surface area contributed by atoms with Crippen molar-refractivity contribution in [3.05, 3.63) is 84.0 Å². The monoisotopic (exact) mass is 535 g/mol. The fourth-order valence-electron chi connectivity index (χ4n) is 3.95. The molecule has 0 aliphatic rings. The molecule has 0 aliphatic carbocycles. The Kier molecular flexibility index (Phi) is 14.8. The summed E-state index contributed by atoms with van der Waals surface area (Å²) in [5.74, 6) is 0.887. The molecule has 0 aromatic carbocycles. The van der Waals surface area contributed by atoms with Crippen LogP contribution in [0.2, 0.25) is 0 Å². The number of hydrogen-bond acceptors (Lipinski definition) is 4. The van der Waals surface area contributed by atoms with Crippen molar-refractivity contribution >= 4 is 17.2 Å². The van der Waals surface area contributed by atoms with Crippen molar-refractivity contribution < 1.29 is 9.50 Å². The molecule has 3 heterocycles. The third-order valence-electron chi connectivity index (χ3n) is 6.57. The molecule has 0 aliphatic heterocycles. The SMILES string of the molecule is CCC/C=C(/N=C(Nc1ccncc1F)c1[nH]ccc1CC)c1ccccn1.CCCC(O)CCC(C)CC. The van der Waals surface area contributed by atoms with Crippen molar-refractivity contribution in [3.8, 4) is 0 Å². The van der Waals surface area contributed by atoms with Crippen molar-refractivity contribution in [2.45, 2.75) is 92.1 Å². The van der Waals surface area contributed by atoms with E-state index in [9.17, 15) is 9.50 Å². The molecule has 0 amide bonds. The minimum atomic E-state index is -0.434. The predicted molar refractivity (Wildman–Crippen MR) is 161 cm³/mol. The van der Waals surface area contributed by atoms with Crippen molar-refractivity contribution in [1.29, 1.82) is 0 Å². The third kappa shape index (κ3) is 11.1. The molecular formula is C32H46FN5O. The number of aryl methyl sites for hydroxylation is 1. The number of rotatable bonds is 13. The summed E-state index contributed by atoms with van der Waals surface area (Å²) in [6.45, 7) is 10.8. The summed E-state index contributed by atoms with van der Waals surface area (Å²) in [6, 6.07) is 9.32. The summed E-state index contributed by atoms with van der Waals surface area (Å²) in [4.78, 5) is 16.3. The fraction of sp³-hybridized carbons (Fsp3) is 0.469. The number of aliphatic hydroxyl groups is 1. The Hall–Kier alpha value is -3.32. The van der Waals surface area contributed by atoms with Gasteiger partial charge in [-0.3, -0.25) is 9.97 Å². The van der Waals surface area contributed by atoms with Gasteiger partial charge in [0, 0.05) is 18.6 Å². The lowest BCUT2D eigenvalue weighted by molar-refractivity contribution is 0.145. The highest BCUT2D eigenvalue weighted by atomic mass is 19.1. The summed E-state index contributed by atoms with van der Waals surface area (Å²) in [7, 11) is 0. The van der Waals surface area contributed by atoms with E-state index in [2.05, 4.69) is 61.0 Å². The standard InChI is InChI=1S/C22H24FN5.C10H22O/c1-3-5-8-20(19-9-6-7-12-25-19)28-22(21-16(4-2)10-14-26-21)27-18-11-13-24-15-17(18)23;1-4-6-10(11)8-7-9(3)5-2/h6-15,26H,3-5H2,1-2H3,(H,24,27,28);9-11H,4-8H2,1-3H3/b20-8+;. The molecule has 7 heteroatoms. The van der Waals surface area contributed by atoms with Gasteiger partial charge < -0.3 is 15.4 Å². The molecule has 3 aromatic rings. The number of amidine groups is 1. The van der Waals surface area contributed by atoms with E-state index in [1.165, 1.54) is 19.0 Å². The zero-order valence-electron chi connectivity index (χ0n) is 24.3. The van der Waals surface area contributed by atoms with E-state index in [0.29, 0.717) is 11.5 Å². The lowest BCUT2D eigenvalue weighted by Crippen LogP contribution is -2.17. The molecule has 0 fully saturated rings. The molecule has 3 aromatic heterocycles. The van der Waals surface area contributed by atoms with Crippen LogP contribution in [0, 0.1) is 11.7 Å². The summed E-state index contributed by atoms with van der Waals surface area (Å²) in [5.41, 5.74) is 3.76. The van der Waals surface area contributed by atoms with E-state index in [0.717, 1.165) is 67.1 Å². The normalized spacial score (nSPS) is 13.4. The lowest BCUT2D eigenvalue weighted by Gasteiger charge is -2.13. The van der Waals surface area contributed by atoms with Crippen LogP contribution >= 0.6 is 0 Å². The molecule has 39 heavy (non-hydrogen) atoms. The average Bonchev–Trinajstić information content (AvgIpc) is 3.44. The van der Waals surface area contributed by atoms with Crippen LogP contribution in [0.25, 0.3) is 5.70 Å². The minimum absolute atomic E-state index is 0.0472. The fourth-order valence-corrected chi connectivity index (χ4v) is 3.95. The molecule has 0 spiro atoms. The van der Waals surface area contributed by atoms with Crippen LogP contribution < -0.4 is 5.32 Å². The molecule has 0 radical (unpaired) electrons. The van der Waals surface area contributed by atoms with Gasteiger partial charge in [-0.25, -0.2) is 9.38 Å². The second kappa shape index (κ2) is 18.1. The van der Waals surface area contributed by atoms with Crippen molar-refractivity contribution in [1.82, 2.24) is 15.0 Å². The van der Waals surface area contributed by atoms with Crippen LogP contribution in [-0.4, -0.2) is 32.0 Å². The number of unbranched alkanes of at least 4 members (excludes halogenated alkanes) is 1. The molecule has 0 saturated heterocycles. The van der Waals surface area contributed by atoms with Crippen LogP contribution in [0.15, 0.2) is 66.2 Å². The first-order valence-corrected chi connectivity index (χ1v) is 14.3. The number of aromatic amines is 1. The molecule has 0 saturated carbocycles. The number of aliphatic imine (C=N–C) groups is 1. The predicted octanol–water partition coefficient (Wildman–Crippen LogP) is 8.18. The van der Waals surface area contributed by atoms with Gasteiger partial charge in [-0.1, -0.05) is 66.0 Å². The molecule has 6 nitrogen and oxygen atoms in total. The second-order valence-electron chi connectivity index (χ2n) is 9.80. The molecular weight excluding hydrogens is 489 g/mol. The second-order valence-corrected chi connectivity index (χ2v) is 9.80. The van der Waals surface area contributed by atoms with E-state index in [4.69, 9.17) is 4.99 Å². The molecule has 3 N–H and O–H groups in total. The number of hydrogen-bond donors (Lipinski definition) is 3. The maximum Gasteiger partial charge on any atom is 0.164 e. The maximum absolute atomic E-state index is 14.2. The first kappa shape index (κ1) is 31.9. The Balaban J connectivity index is 0.000000411. The summed E-state index contributed by atoms with van der Waals surface area (Å²) < 4.78 is 14.2. The highest BCUT2D eigenvalue weighted by Gasteiger charge is 2.14. The van der Waals surface area contributed by atoms with Gasteiger partial charge in [0.15, 0.2) is 11.7 Å². The van der Waals surface area contributed by atoms with Gasteiger partial charge in [-0.2, -0.15) is 0 Å². The van der Waals surface area contributed by atoms with Crippen LogP contribution in [0.3, 0.4) is 0 Å². The highest BCUT2D eigenvalue weighted by molar-refractivity contribution is 6.10. The van der Waals surface area contributed by atoms with Gasteiger partial charge in [0.2, 0.25) is 0 Å². The summed E-state index contributed by atoms with van der Waals surface area (Å²) in [6.07, 6.45) is 16.5. The molecule has 3 rings (SSSR count). The minimum Gasteiger partial charge on any atom is -0.393 e.